The zero-order chi connectivity index (χ0) is 8.97. The molecule has 12 heavy (non-hydrogen) atoms. The summed E-state index contributed by atoms with van der Waals surface area (Å²) in [5.74, 6) is 0.0399. The van der Waals surface area contributed by atoms with Gasteiger partial charge in [0.05, 0.1) is 12.5 Å². The van der Waals surface area contributed by atoms with Gasteiger partial charge < -0.3 is 10.1 Å². The normalized spacial score (nSPS) is 29.8. The Kier molecular flexibility index (Phi) is 3.53. The molecule has 1 heterocycles. The summed E-state index contributed by atoms with van der Waals surface area (Å²) in [4.78, 5) is 11.2. The van der Waals surface area contributed by atoms with E-state index in [-0.39, 0.29) is 11.9 Å². The molecule has 0 aromatic heterocycles. The van der Waals surface area contributed by atoms with Crippen LogP contribution in [0.25, 0.3) is 0 Å². The van der Waals surface area contributed by atoms with Gasteiger partial charge in [-0.15, -0.1) is 0 Å². The van der Waals surface area contributed by atoms with E-state index in [0.29, 0.717) is 12.6 Å². The van der Waals surface area contributed by atoms with Gasteiger partial charge in [0.25, 0.3) is 0 Å². The van der Waals surface area contributed by atoms with Gasteiger partial charge in [0.1, 0.15) is 0 Å². The van der Waals surface area contributed by atoms with E-state index < -0.39 is 0 Å². The molecule has 0 bridgehead atoms. The molecule has 1 N–H and O–H groups in total. The van der Waals surface area contributed by atoms with Crippen molar-refractivity contribution in [2.75, 3.05) is 13.2 Å². The SMILES string of the molecule is CCOC(=O)[C@@H]1CC[C@H](C)NC1. The molecule has 3 heteroatoms. The summed E-state index contributed by atoms with van der Waals surface area (Å²) in [6, 6.07) is 0.552. The van der Waals surface area contributed by atoms with Crippen LogP contribution < -0.4 is 5.32 Å². The highest BCUT2D eigenvalue weighted by Crippen LogP contribution is 2.15. The minimum atomic E-state index is -0.0445. The van der Waals surface area contributed by atoms with Gasteiger partial charge in [-0.1, -0.05) is 0 Å². The highest BCUT2D eigenvalue weighted by atomic mass is 16.5. The van der Waals surface area contributed by atoms with Crippen molar-refractivity contribution in [1.29, 1.82) is 0 Å². The van der Waals surface area contributed by atoms with Crippen LogP contribution in [0.2, 0.25) is 0 Å². The van der Waals surface area contributed by atoms with E-state index in [1.807, 2.05) is 6.92 Å². The number of rotatable bonds is 2. The monoisotopic (exact) mass is 171 g/mol. The molecule has 3 nitrogen and oxygen atoms in total. The van der Waals surface area contributed by atoms with Crippen molar-refractivity contribution in [3.05, 3.63) is 0 Å². The topological polar surface area (TPSA) is 38.3 Å². The van der Waals surface area contributed by atoms with Crippen LogP contribution in [0.1, 0.15) is 26.7 Å². The molecule has 0 aromatic carbocycles. The molecule has 1 rings (SSSR count). The Hall–Kier alpha value is -0.570. The van der Waals surface area contributed by atoms with Crippen molar-refractivity contribution in [2.45, 2.75) is 32.7 Å². The Morgan fingerprint density at radius 1 is 1.58 bits per heavy atom. The lowest BCUT2D eigenvalue weighted by Gasteiger charge is -2.25. The molecule has 0 amide bonds. The second-order valence-corrected chi connectivity index (χ2v) is 3.34. The van der Waals surface area contributed by atoms with E-state index >= 15 is 0 Å². The highest BCUT2D eigenvalue weighted by Gasteiger charge is 2.24. The predicted molar refractivity (Wildman–Crippen MR) is 46.8 cm³/mol. The van der Waals surface area contributed by atoms with E-state index in [2.05, 4.69) is 12.2 Å². The maximum absolute atomic E-state index is 11.2. The zero-order valence-corrected chi connectivity index (χ0v) is 7.80. The average Bonchev–Trinajstić information content (AvgIpc) is 2.06. The predicted octanol–water partition coefficient (Wildman–Crippen LogP) is 0.938. The average molecular weight is 171 g/mol. The van der Waals surface area contributed by atoms with E-state index in [1.165, 1.54) is 0 Å². The molecular weight excluding hydrogens is 154 g/mol. The second-order valence-electron chi connectivity index (χ2n) is 3.34. The minimum absolute atomic E-state index is 0.0445. The van der Waals surface area contributed by atoms with E-state index in [4.69, 9.17) is 4.74 Å². The first-order valence-corrected chi connectivity index (χ1v) is 4.64. The maximum Gasteiger partial charge on any atom is 0.310 e. The third-order valence-corrected chi connectivity index (χ3v) is 2.28. The Morgan fingerprint density at radius 2 is 2.33 bits per heavy atom. The Bertz CT molecular complexity index is 151. The van der Waals surface area contributed by atoms with Crippen molar-refractivity contribution < 1.29 is 9.53 Å². The molecule has 0 aromatic rings. The number of hydrogen-bond donors (Lipinski definition) is 1. The van der Waals surface area contributed by atoms with Crippen LogP contribution in [0.3, 0.4) is 0 Å². The summed E-state index contributed by atoms with van der Waals surface area (Å²) >= 11 is 0. The van der Waals surface area contributed by atoms with E-state index in [1.54, 1.807) is 0 Å². The lowest BCUT2D eigenvalue weighted by Crippen LogP contribution is -2.40. The van der Waals surface area contributed by atoms with Gasteiger partial charge in [-0.25, -0.2) is 0 Å². The molecule has 1 saturated heterocycles. The lowest BCUT2D eigenvalue weighted by atomic mass is 9.96. The molecule has 0 unspecified atom stereocenters. The van der Waals surface area contributed by atoms with Gasteiger partial charge in [-0.05, 0) is 26.7 Å². The first-order valence-electron chi connectivity index (χ1n) is 4.64. The fourth-order valence-corrected chi connectivity index (χ4v) is 1.46. The molecule has 0 spiro atoms. The first kappa shape index (κ1) is 9.52. The van der Waals surface area contributed by atoms with Crippen molar-refractivity contribution in [2.24, 2.45) is 5.92 Å². The molecule has 2 atom stereocenters. The van der Waals surface area contributed by atoms with Gasteiger partial charge in [0.15, 0.2) is 0 Å². The number of ether oxygens (including phenoxy) is 1. The van der Waals surface area contributed by atoms with Crippen molar-refractivity contribution in [1.82, 2.24) is 5.32 Å². The van der Waals surface area contributed by atoms with Crippen LogP contribution in [0, 0.1) is 5.92 Å². The van der Waals surface area contributed by atoms with Crippen molar-refractivity contribution in [3.63, 3.8) is 0 Å². The quantitative estimate of drug-likeness (QED) is 0.628. The van der Waals surface area contributed by atoms with Crippen LogP contribution in [-0.4, -0.2) is 25.2 Å². The summed E-state index contributed by atoms with van der Waals surface area (Å²) in [6.07, 6.45) is 2.04. The number of piperidine rings is 1. The van der Waals surface area contributed by atoms with Crippen LogP contribution >= 0.6 is 0 Å². The molecule has 70 valence electrons. The van der Waals surface area contributed by atoms with Crippen molar-refractivity contribution in [3.8, 4) is 0 Å². The summed E-state index contributed by atoms with van der Waals surface area (Å²) in [5.41, 5.74) is 0. The molecular formula is C9H17NO2. The largest absolute Gasteiger partial charge is 0.466 e. The third-order valence-electron chi connectivity index (χ3n) is 2.28. The fourth-order valence-electron chi connectivity index (χ4n) is 1.46. The third kappa shape index (κ3) is 2.48. The number of esters is 1. The van der Waals surface area contributed by atoms with Crippen LogP contribution in [0.5, 0.6) is 0 Å². The Balaban J connectivity index is 2.29. The standard InChI is InChI=1S/C9H17NO2/c1-3-12-9(11)8-5-4-7(2)10-6-8/h7-8,10H,3-6H2,1-2H3/t7-,8+/m0/s1. The number of nitrogens with one attached hydrogen (secondary N) is 1. The van der Waals surface area contributed by atoms with Gasteiger partial charge in [0.2, 0.25) is 0 Å². The Morgan fingerprint density at radius 3 is 2.83 bits per heavy atom. The number of carbonyl (C=O) groups is 1. The molecule has 0 aliphatic carbocycles. The second kappa shape index (κ2) is 4.45. The van der Waals surface area contributed by atoms with Crippen LogP contribution in [0.4, 0.5) is 0 Å². The molecule has 1 fully saturated rings. The number of carbonyl (C=O) groups excluding carboxylic acids is 1. The first-order chi connectivity index (χ1) is 5.74. The van der Waals surface area contributed by atoms with E-state index in [9.17, 15) is 4.79 Å². The summed E-state index contributed by atoms with van der Waals surface area (Å²) in [5, 5.41) is 3.27. The van der Waals surface area contributed by atoms with Crippen molar-refractivity contribution >= 4 is 5.97 Å². The summed E-state index contributed by atoms with van der Waals surface area (Å²) in [7, 11) is 0. The van der Waals surface area contributed by atoms with Gasteiger partial charge in [-0.3, -0.25) is 4.79 Å². The summed E-state index contributed by atoms with van der Waals surface area (Å²) in [6.45, 7) is 5.25. The highest BCUT2D eigenvalue weighted by molar-refractivity contribution is 5.72. The van der Waals surface area contributed by atoms with Gasteiger partial charge >= 0.3 is 5.97 Å². The lowest BCUT2D eigenvalue weighted by molar-refractivity contribution is -0.148. The zero-order valence-electron chi connectivity index (χ0n) is 7.80. The van der Waals surface area contributed by atoms with Crippen LogP contribution in [-0.2, 0) is 9.53 Å². The number of hydrogen-bond acceptors (Lipinski definition) is 3. The molecule has 0 saturated carbocycles. The maximum atomic E-state index is 11.2. The minimum Gasteiger partial charge on any atom is -0.466 e. The van der Waals surface area contributed by atoms with Gasteiger partial charge in [0, 0.05) is 12.6 Å². The fraction of sp³-hybridized carbons (Fsp3) is 0.889. The summed E-state index contributed by atoms with van der Waals surface area (Å²) < 4.78 is 4.94. The van der Waals surface area contributed by atoms with E-state index in [0.717, 1.165) is 19.4 Å². The Labute approximate surface area is 73.5 Å². The smallest absolute Gasteiger partial charge is 0.310 e. The van der Waals surface area contributed by atoms with Crippen LogP contribution in [0.15, 0.2) is 0 Å². The molecule has 1 aliphatic rings. The molecule has 0 radical (unpaired) electrons. The van der Waals surface area contributed by atoms with Gasteiger partial charge in [-0.2, -0.15) is 0 Å². The molecule has 1 aliphatic heterocycles.